The molecular weight excluding hydrogens is 222 g/mol. The summed E-state index contributed by atoms with van der Waals surface area (Å²) in [6.45, 7) is 7.00. The van der Waals surface area contributed by atoms with Gasteiger partial charge in [-0.25, -0.2) is 0 Å². The van der Waals surface area contributed by atoms with Crippen LogP contribution in [0.25, 0.3) is 0 Å². The SMILES string of the molecule is Cc1nn(C)c(C)c1C(C)NCCS(C)=O. The van der Waals surface area contributed by atoms with Crippen LogP contribution < -0.4 is 5.32 Å². The molecule has 92 valence electrons. The fraction of sp³-hybridized carbons (Fsp3) is 0.727. The van der Waals surface area contributed by atoms with Crippen molar-refractivity contribution in [3.63, 3.8) is 0 Å². The summed E-state index contributed by atoms with van der Waals surface area (Å²) in [7, 11) is 1.23. The second-order valence-electron chi connectivity index (χ2n) is 4.16. The molecule has 0 bridgehead atoms. The smallest absolute Gasteiger partial charge is 0.0644 e. The first-order valence-electron chi connectivity index (χ1n) is 5.47. The van der Waals surface area contributed by atoms with Gasteiger partial charge in [-0.3, -0.25) is 8.89 Å². The lowest BCUT2D eigenvalue weighted by atomic mass is 10.1. The minimum absolute atomic E-state index is 0.261. The van der Waals surface area contributed by atoms with Crippen LogP contribution in [0.5, 0.6) is 0 Å². The van der Waals surface area contributed by atoms with E-state index in [1.54, 1.807) is 6.26 Å². The standard InChI is InChI=1S/C11H21N3OS/c1-8(12-6-7-16(5)15)11-9(2)13-14(4)10(11)3/h8,12H,6-7H2,1-5H3. The number of hydrogen-bond acceptors (Lipinski definition) is 3. The van der Waals surface area contributed by atoms with E-state index in [0.717, 1.165) is 12.2 Å². The summed E-state index contributed by atoms with van der Waals surface area (Å²) < 4.78 is 12.9. The molecule has 1 N–H and O–H groups in total. The molecule has 1 aromatic rings. The van der Waals surface area contributed by atoms with Gasteiger partial charge in [-0.15, -0.1) is 0 Å². The molecule has 16 heavy (non-hydrogen) atoms. The molecule has 0 aliphatic carbocycles. The van der Waals surface area contributed by atoms with Crippen LogP contribution in [0.1, 0.15) is 29.9 Å². The summed E-state index contributed by atoms with van der Waals surface area (Å²) >= 11 is 0. The van der Waals surface area contributed by atoms with Crippen molar-refractivity contribution >= 4 is 10.8 Å². The average Bonchev–Trinajstić information content (AvgIpc) is 2.40. The molecule has 4 nitrogen and oxygen atoms in total. The lowest BCUT2D eigenvalue weighted by Gasteiger charge is -2.14. The van der Waals surface area contributed by atoms with Crippen molar-refractivity contribution in [3.8, 4) is 0 Å². The Morgan fingerprint density at radius 1 is 1.50 bits per heavy atom. The van der Waals surface area contributed by atoms with Crippen LogP contribution in [-0.4, -0.2) is 32.5 Å². The van der Waals surface area contributed by atoms with E-state index >= 15 is 0 Å². The molecule has 0 aliphatic rings. The van der Waals surface area contributed by atoms with E-state index in [9.17, 15) is 4.21 Å². The van der Waals surface area contributed by atoms with E-state index in [0.29, 0.717) is 5.75 Å². The Hall–Kier alpha value is -0.680. The first-order valence-corrected chi connectivity index (χ1v) is 7.19. The monoisotopic (exact) mass is 243 g/mol. The molecule has 2 unspecified atom stereocenters. The van der Waals surface area contributed by atoms with Gasteiger partial charge in [0.05, 0.1) is 5.69 Å². The fourth-order valence-electron chi connectivity index (χ4n) is 1.94. The molecule has 1 heterocycles. The first-order chi connectivity index (χ1) is 7.43. The largest absolute Gasteiger partial charge is 0.309 e. The zero-order valence-electron chi connectivity index (χ0n) is 10.7. The first kappa shape index (κ1) is 13.4. The van der Waals surface area contributed by atoms with E-state index < -0.39 is 10.8 Å². The third-order valence-electron chi connectivity index (χ3n) is 2.84. The second kappa shape index (κ2) is 5.59. The molecule has 1 rings (SSSR count). The van der Waals surface area contributed by atoms with Crippen molar-refractivity contribution in [2.75, 3.05) is 18.6 Å². The molecule has 0 aromatic carbocycles. The molecular formula is C11H21N3OS. The summed E-state index contributed by atoms with van der Waals surface area (Å²) in [6.07, 6.45) is 1.73. The summed E-state index contributed by atoms with van der Waals surface area (Å²) in [6, 6.07) is 0.261. The normalized spacial score (nSPS) is 15.1. The molecule has 1 aromatic heterocycles. The number of hydrogen-bond donors (Lipinski definition) is 1. The maximum Gasteiger partial charge on any atom is 0.0644 e. The average molecular weight is 243 g/mol. The van der Waals surface area contributed by atoms with Gasteiger partial charge in [0.1, 0.15) is 0 Å². The highest BCUT2D eigenvalue weighted by atomic mass is 32.2. The number of nitrogens with one attached hydrogen (secondary N) is 1. The van der Waals surface area contributed by atoms with Crippen LogP contribution in [0.4, 0.5) is 0 Å². The Labute approximate surface area is 99.9 Å². The van der Waals surface area contributed by atoms with Crippen LogP contribution in [0.2, 0.25) is 0 Å². The molecule has 0 saturated carbocycles. The maximum absolute atomic E-state index is 11.0. The van der Waals surface area contributed by atoms with E-state index in [1.165, 1.54) is 11.3 Å². The molecule has 5 heteroatoms. The van der Waals surface area contributed by atoms with Crippen LogP contribution in [0.15, 0.2) is 0 Å². The number of aromatic nitrogens is 2. The lowest BCUT2D eigenvalue weighted by Crippen LogP contribution is -2.24. The Morgan fingerprint density at radius 3 is 2.56 bits per heavy atom. The van der Waals surface area contributed by atoms with Crippen molar-refractivity contribution in [1.29, 1.82) is 0 Å². The Bertz CT molecular complexity index is 387. The lowest BCUT2D eigenvalue weighted by molar-refractivity contribution is 0.590. The third kappa shape index (κ3) is 3.15. The third-order valence-corrected chi connectivity index (χ3v) is 3.62. The predicted molar refractivity (Wildman–Crippen MR) is 68.0 cm³/mol. The van der Waals surface area contributed by atoms with Crippen molar-refractivity contribution < 1.29 is 4.21 Å². The summed E-state index contributed by atoms with van der Waals surface area (Å²) in [5, 5.41) is 7.77. The highest BCUT2D eigenvalue weighted by molar-refractivity contribution is 7.84. The van der Waals surface area contributed by atoms with Crippen LogP contribution in [0.3, 0.4) is 0 Å². The van der Waals surface area contributed by atoms with Crippen molar-refractivity contribution in [3.05, 3.63) is 17.0 Å². The van der Waals surface area contributed by atoms with Crippen LogP contribution in [-0.2, 0) is 17.8 Å². The Balaban J connectivity index is 2.65. The molecule has 0 radical (unpaired) electrons. The van der Waals surface area contributed by atoms with Crippen molar-refractivity contribution in [2.24, 2.45) is 7.05 Å². The molecule has 2 atom stereocenters. The van der Waals surface area contributed by atoms with Crippen molar-refractivity contribution in [1.82, 2.24) is 15.1 Å². The summed E-state index contributed by atoms with van der Waals surface area (Å²) in [4.78, 5) is 0. The Kier molecular flexibility index (Phi) is 4.68. The molecule has 0 saturated heterocycles. The zero-order chi connectivity index (χ0) is 12.3. The minimum Gasteiger partial charge on any atom is -0.309 e. The molecule has 0 amide bonds. The summed E-state index contributed by atoms with van der Waals surface area (Å²) in [5.41, 5.74) is 3.51. The van der Waals surface area contributed by atoms with E-state index in [2.05, 4.69) is 24.3 Å². The highest BCUT2D eigenvalue weighted by Crippen LogP contribution is 2.20. The van der Waals surface area contributed by atoms with Gasteiger partial charge in [-0.05, 0) is 20.8 Å². The topological polar surface area (TPSA) is 46.9 Å². The van der Waals surface area contributed by atoms with Gasteiger partial charge < -0.3 is 5.32 Å². The number of aryl methyl sites for hydroxylation is 2. The minimum atomic E-state index is -0.727. The summed E-state index contributed by atoms with van der Waals surface area (Å²) in [5.74, 6) is 0.697. The van der Waals surface area contributed by atoms with E-state index in [1.807, 2.05) is 18.7 Å². The number of nitrogens with zero attached hydrogens (tertiary/aromatic N) is 2. The van der Waals surface area contributed by atoms with Crippen LogP contribution >= 0.6 is 0 Å². The van der Waals surface area contributed by atoms with Crippen molar-refractivity contribution in [2.45, 2.75) is 26.8 Å². The molecule has 0 aliphatic heterocycles. The molecule has 0 fully saturated rings. The van der Waals surface area contributed by atoms with E-state index in [-0.39, 0.29) is 6.04 Å². The van der Waals surface area contributed by atoms with Gasteiger partial charge in [0, 0.05) is 53.7 Å². The van der Waals surface area contributed by atoms with Gasteiger partial charge in [0.15, 0.2) is 0 Å². The molecule has 0 spiro atoms. The highest BCUT2D eigenvalue weighted by Gasteiger charge is 2.15. The van der Waals surface area contributed by atoms with Gasteiger partial charge in [-0.2, -0.15) is 5.10 Å². The second-order valence-corrected chi connectivity index (χ2v) is 5.72. The van der Waals surface area contributed by atoms with Gasteiger partial charge >= 0.3 is 0 Å². The van der Waals surface area contributed by atoms with Gasteiger partial charge in [0.2, 0.25) is 0 Å². The predicted octanol–water partition coefficient (Wildman–Crippen LogP) is 1.07. The van der Waals surface area contributed by atoms with Crippen LogP contribution in [0, 0.1) is 13.8 Å². The fourth-order valence-corrected chi connectivity index (χ4v) is 2.34. The number of rotatable bonds is 5. The van der Waals surface area contributed by atoms with E-state index in [4.69, 9.17) is 0 Å². The Morgan fingerprint density at radius 2 is 2.12 bits per heavy atom. The zero-order valence-corrected chi connectivity index (χ0v) is 11.5. The quantitative estimate of drug-likeness (QED) is 0.841. The van der Waals surface area contributed by atoms with Gasteiger partial charge in [-0.1, -0.05) is 0 Å². The van der Waals surface area contributed by atoms with Gasteiger partial charge in [0.25, 0.3) is 0 Å². The maximum atomic E-state index is 11.0.